The van der Waals surface area contributed by atoms with E-state index in [1.54, 1.807) is 7.11 Å². The lowest BCUT2D eigenvalue weighted by Gasteiger charge is -2.32. The van der Waals surface area contributed by atoms with E-state index in [-0.39, 0.29) is 0 Å². The highest BCUT2D eigenvalue weighted by molar-refractivity contribution is 9.09. The summed E-state index contributed by atoms with van der Waals surface area (Å²) >= 11 is 3.70. The topological polar surface area (TPSA) is 18.5 Å². The smallest absolute Gasteiger partial charge is 0.0668 e. The van der Waals surface area contributed by atoms with E-state index in [4.69, 9.17) is 9.47 Å². The Kier molecular flexibility index (Phi) is 4.08. The predicted octanol–water partition coefficient (Wildman–Crippen LogP) is 2.99. The first-order valence-corrected chi connectivity index (χ1v) is 7.11. The molecule has 0 spiro atoms. The first kappa shape index (κ1) is 11.9. The van der Waals surface area contributed by atoms with E-state index >= 15 is 0 Å². The lowest BCUT2D eigenvalue weighted by molar-refractivity contribution is 0.0336. The van der Waals surface area contributed by atoms with Crippen LogP contribution in [0.4, 0.5) is 0 Å². The van der Waals surface area contributed by atoms with Crippen molar-refractivity contribution in [3.63, 3.8) is 0 Å². The maximum atomic E-state index is 5.94. The summed E-state index contributed by atoms with van der Waals surface area (Å²) in [6, 6.07) is 0. The van der Waals surface area contributed by atoms with Gasteiger partial charge in [0, 0.05) is 31.1 Å². The fourth-order valence-corrected chi connectivity index (χ4v) is 3.67. The van der Waals surface area contributed by atoms with Gasteiger partial charge in [0.15, 0.2) is 0 Å². The Morgan fingerprint density at radius 3 is 2.87 bits per heavy atom. The summed E-state index contributed by atoms with van der Waals surface area (Å²) in [7, 11) is 1.78. The van der Waals surface area contributed by atoms with Crippen molar-refractivity contribution in [3.05, 3.63) is 0 Å². The molecule has 1 aliphatic carbocycles. The number of hydrogen-bond donors (Lipinski definition) is 0. The molecule has 0 aromatic carbocycles. The van der Waals surface area contributed by atoms with Crippen LogP contribution in [0.3, 0.4) is 0 Å². The van der Waals surface area contributed by atoms with Crippen molar-refractivity contribution >= 4 is 15.9 Å². The summed E-state index contributed by atoms with van der Waals surface area (Å²) in [6.07, 6.45) is 6.91. The maximum absolute atomic E-state index is 5.94. The van der Waals surface area contributed by atoms with E-state index in [1.165, 1.54) is 25.7 Å². The Labute approximate surface area is 101 Å². The molecule has 1 saturated heterocycles. The average Bonchev–Trinajstić information content (AvgIpc) is 3.01. The lowest BCUT2D eigenvalue weighted by atomic mass is 9.77. The first-order chi connectivity index (χ1) is 7.32. The van der Waals surface area contributed by atoms with Gasteiger partial charge in [-0.3, -0.25) is 0 Å². The van der Waals surface area contributed by atoms with Gasteiger partial charge >= 0.3 is 0 Å². The van der Waals surface area contributed by atoms with Crippen LogP contribution in [0.2, 0.25) is 0 Å². The SMILES string of the molecule is COCCCC1(CBr)CCOC1C1CC1. The van der Waals surface area contributed by atoms with Crippen molar-refractivity contribution in [2.24, 2.45) is 11.3 Å². The summed E-state index contributed by atoms with van der Waals surface area (Å²) < 4.78 is 11.1. The van der Waals surface area contributed by atoms with Crippen molar-refractivity contribution in [3.8, 4) is 0 Å². The van der Waals surface area contributed by atoms with E-state index in [0.717, 1.165) is 30.9 Å². The van der Waals surface area contributed by atoms with Crippen molar-refractivity contribution in [1.82, 2.24) is 0 Å². The van der Waals surface area contributed by atoms with Crippen LogP contribution in [0.15, 0.2) is 0 Å². The minimum atomic E-state index is 0.402. The molecule has 0 radical (unpaired) electrons. The second-order valence-corrected chi connectivity index (χ2v) is 5.53. The molecule has 0 bridgehead atoms. The summed E-state index contributed by atoms with van der Waals surface area (Å²) in [6.45, 7) is 1.84. The number of halogens is 1. The molecule has 2 fully saturated rings. The molecular weight excluding hydrogens is 256 g/mol. The number of alkyl halides is 1. The van der Waals surface area contributed by atoms with Gasteiger partial charge in [-0.1, -0.05) is 15.9 Å². The molecule has 2 unspecified atom stereocenters. The zero-order chi connectivity index (χ0) is 10.7. The van der Waals surface area contributed by atoms with Gasteiger partial charge in [-0.15, -0.1) is 0 Å². The Balaban J connectivity index is 1.92. The van der Waals surface area contributed by atoms with Crippen molar-refractivity contribution in [2.75, 3.05) is 25.7 Å². The Morgan fingerprint density at radius 2 is 2.27 bits per heavy atom. The van der Waals surface area contributed by atoms with Gasteiger partial charge < -0.3 is 9.47 Å². The summed E-state index contributed by atoms with van der Waals surface area (Å²) in [5, 5.41) is 1.09. The van der Waals surface area contributed by atoms with E-state index in [9.17, 15) is 0 Å². The molecule has 2 atom stereocenters. The number of methoxy groups -OCH3 is 1. The molecule has 2 rings (SSSR count). The normalized spacial score (nSPS) is 36.0. The van der Waals surface area contributed by atoms with Crippen molar-refractivity contribution < 1.29 is 9.47 Å². The van der Waals surface area contributed by atoms with Crippen molar-refractivity contribution in [2.45, 2.75) is 38.2 Å². The number of ether oxygens (including phenoxy) is 2. The predicted molar refractivity (Wildman–Crippen MR) is 64.4 cm³/mol. The fourth-order valence-electron chi connectivity index (χ4n) is 2.79. The molecule has 3 heteroatoms. The highest BCUT2D eigenvalue weighted by Gasteiger charge is 2.49. The van der Waals surface area contributed by atoms with Crippen LogP contribution in [0.5, 0.6) is 0 Å². The Bertz CT molecular complexity index is 206. The van der Waals surface area contributed by atoms with Gasteiger partial charge in [-0.05, 0) is 38.0 Å². The molecule has 2 aliphatic rings. The molecule has 15 heavy (non-hydrogen) atoms. The quantitative estimate of drug-likeness (QED) is 0.549. The van der Waals surface area contributed by atoms with Gasteiger partial charge in [0.1, 0.15) is 0 Å². The third-order valence-electron chi connectivity index (χ3n) is 3.84. The van der Waals surface area contributed by atoms with E-state index < -0.39 is 0 Å². The minimum absolute atomic E-state index is 0.402. The van der Waals surface area contributed by atoms with E-state index in [1.807, 2.05) is 0 Å². The average molecular weight is 277 g/mol. The molecule has 1 aliphatic heterocycles. The molecule has 0 aromatic rings. The highest BCUT2D eigenvalue weighted by atomic mass is 79.9. The van der Waals surface area contributed by atoms with Crippen LogP contribution in [0, 0.1) is 11.3 Å². The van der Waals surface area contributed by atoms with Crippen LogP contribution in [-0.2, 0) is 9.47 Å². The monoisotopic (exact) mass is 276 g/mol. The van der Waals surface area contributed by atoms with E-state index in [2.05, 4.69) is 15.9 Å². The van der Waals surface area contributed by atoms with Gasteiger partial charge in [-0.2, -0.15) is 0 Å². The number of rotatable bonds is 6. The lowest BCUT2D eigenvalue weighted by Crippen LogP contribution is -2.34. The van der Waals surface area contributed by atoms with Crippen molar-refractivity contribution in [1.29, 1.82) is 0 Å². The minimum Gasteiger partial charge on any atom is -0.385 e. The molecule has 1 saturated carbocycles. The highest BCUT2D eigenvalue weighted by Crippen LogP contribution is 2.50. The van der Waals surface area contributed by atoms with E-state index in [0.29, 0.717) is 11.5 Å². The van der Waals surface area contributed by atoms with Crippen LogP contribution in [0.25, 0.3) is 0 Å². The third kappa shape index (κ3) is 2.56. The molecule has 0 N–H and O–H groups in total. The second-order valence-electron chi connectivity index (χ2n) is 4.97. The molecule has 0 aromatic heterocycles. The van der Waals surface area contributed by atoms with Crippen LogP contribution in [-0.4, -0.2) is 31.8 Å². The third-order valence-corrected chi connectivity index (χ3v) is 4.96. The van der Waals surface area contributed by atoms with Gasteiger partial charge in [0.2, 0.25) is 0 Å². The van der Waals surface area contributed by atoms with Crippen LogP contribution in [0.1, 0.15) is 32.1 Å². The van der Waals surface area contributed by atoms with Gasteiger partial charge in [-0.25, -0.2) is 0 Å². The zero-order valence-corrected chi connectivity index (χ0v) is 11.1. The standard InChI is InChI=1S/C12H21BrO2/c1-14-7-2-5-12(9-13)6-8-15-11(12)10-3-4-10/h10-11H,2-9H2,1H3. The molecule has 2 nitrogen and oxygen atoms in total. The van der Waals surface area contributed by atoms with Gasteiger partial charge in [0.05, 0.1) is 6.10 Å². The second kappa shape index (κ2) is 5.15. The van der Waals surface area contributed by atoms with Crippen LogP contribution < -0.4 is 0 Å². The Hall–Kier alpha value is 0.400. The number of hydrogen-bond acceptors (Lipinski definition) is 2. The molecule has 1 heterocycles. The first-order valence-electron chi connectivity index (χ1n) is 5.99. The Morgan fingerprint density at radius 1 is 1.47 bits per heavy atom. The summed E-state index contributed by atoms with van der Waals surface area (Å²) in [5.74, 6) is 0.854. The van der Waals surface area contributed by atoms with Crippen LogP contribution >= 0.6 is 15.9 Å². The fraction of sp³-hybridized carbons (Fsp3) is 1.00. The summed E-state index contributed by atoms with van der Waals surface area (Å²) in [5.41, 5.74) is 0.402. The molecule has 0 amide bonds. The largest absolute Gasteiger partial charge is 0.385 e. The van der Waals surface area contributed by atoms with Gasteiger partial charge in [0.25, 0.3) is 0 Å². The maximum Gasteiger partial charge on any atom is 0.0668 e. The molecule has 88 valence electrons. The summed E-state index contributed by atoms with van der Waals surface area (Å²) in [4.78, 5) is 0. The zero-order valence-electron chi connectivity index (χ0n) is 9.51. The molecular formula is C12H21BrO2.